The molecule has 1 fully saturated rings. The van der Waals surface area contributed by atoms with E-state index >= 15 is 0 Å². The summed E-state index contributed by atoms with van der Waals surface area (Å²) in [5.74, 6) is 1.62. The van der Waals surface area contributed by atoms with E-state index in [1.165, 1.54) is 0 Å². The molecule has 1 aliphatic rings. The van der Waals surface area contributed by atoms with Crippen molar-refractivity contribution in [2.75, 3.05) is 20.3 Å². The van der Waals surface area contributed by atoms with Gasteiger partial charge in [-0.2, -0.15) is 16.3 Å². The molecule has 1 aliphatic carbocycles. The van der Waals surface area contributed by atoms with Crippen LogP contribution < -0.4 is 5.32 Å². The van der Waals surface area contributed by atoms with E-state index in [2.05, 4.69) is 15.5 Å². The van der Waals surface area contributed by atoms with E-state index in [1.54, 1.807) is 23.3 Å². The number of carbonyl (C=O) groups excluding carboxylic acids is 1. The molecule has 2 aromatic rings. The highest BCUT2D eigenvalue weighted by molar-refractivity contribution is 7.07. The van der Waals surface area contributed by atoms with Crippen molar-refractivity contribution in [1.29, 1.82) is 0 Å². The summed E-state index contributed by atoms with van der Waals surface area (Å²) in [5, 5.41) is 10.8. The van der Waals surface area contributed by atoms with E-state index in [1.807, 2.05) is 16.8 Å². The molecule has 23 heavy (non-hydrogen) atoms. The standard InChI is InChI=1S/C15H20N4O3S/c1-21-6-5-19(9-11-4-7-23-10-11)15(20)16-8-13-17-14(22-18-13)12-2-3-12/h4,7,10,12H,2-3,5-6,8-9H2,1H3,(H,16,20). The summed E-state index contributed by atoms with van der Waals surface area (Å²) in [4.78, 5) is 18.4. The lowest BCUT2D eigenvalue weighted by Crippen LogP contribution is -2.41. The lowest BCUT2D eigenvalue weighted by Gasteiger charge is -2.22. The zero-order valence-electron chi connectivity index (χ0n) is 13.0. The van der Waals surface area contributed by atoms with Crippen LogP contribution in [0, 0.1) is 0 Å². The van der Waals surface area contributed by atoms with Crippen molar-refractivity contribution < 1.29 is 14.1 Å². The first-order valence-corrected chi connectivity index (χ1v) is 8.56. The second-order valence-corrected chi connectivity index (χ2v) is 6.31. The topological polar surface area (TPSA) is 80.5 Å². The van der Waals surface area contributed by atoms with Crippen molar-refractivity contribution >= 4 is 17.4 Å². The van der Waals surface area contributed by atoms with Crippen LogP contribution in [0.3, 0.4) is 0 Å². The fourth-order valence-corrected chi connectivity index (χ4v) is 2.82. The Balaban J connectivity index is 1.53. The normalized spacial score (nSPS) is 14.0. The second-order valence-electron chi connectivity index (χ2n) is 5.53. The van der Waals surface area contributed by atoms with E-state index in [9.17, 15) is 4.79 Å². The maximum atomic E-state index is 12.4. The molecule has 0 unspecified atom stereocenters. The first-order chi connectivity index (χ1) is 11.3. The van der Waals surface area contributed by atoms with Crippen LogP contribution in [0.5, 0.6) is 0 Å². The number of nitrogens with one attached hydrogen (secondary N) is 1. The maximum absolute atomic E-state index is 12.4. The highest BCUT2D eigenvalue weighted by atomic mass is 32.1. The van der Waals surface area contributed by atoms with Gasteiger partial charge in [-0.05, 0) is 35.2 Å². The molecule has 1 saturated carbocycles. The molecule has 124 valence electrons. The van der Waals surface area contributed by atoms with E-state index < -0.39 is 0 Å². The van der Waals surface area contributed by atoms with Gasteiger partial charge in [0.05, 0.1) is 13.2 Å². The van der Waals surface area contributed by atoms with Gasteiger partial charge in [-0.25, -0.2) is 4.79 Å². The van der Waals surface area contributed by atoms with Crippen molar-refractivity contribution in [2.45, 2.75) is 31.8 Å². The van der Waals surface area contributed by atoms with Crippen LogP contribution in [-0.2, 0) is 17.8 Å². The molecule has 0 atom stereocenters. The molecular weight excluding hydrogens is 316 g/mol. The zero-order valence-corrected chi connectivity index (χ0v) is 13.8. The summed E-state index contributed by atoms with van der Waals surface area (Å²) in [6.07, 6.45) is 2.22. The van der Waals surface area contributed by atoms with Crippen molar-refractivity contribution in [1.82, 2.24) is 20.4 Å². The van der Waals surface area contributed by atoms with Gasteiger partial charge in [0.25, 0.3) is 0 Å². The van der Waals surface area contributed by atoms with Crippen molar-refractivity contribution in [2.24, 2.45) is 0 Å². The highest BCUT2D eigenvalue weighted by Gasteiger charge is 2.29. The Labute approximate surface area is 138 Å². The third kappa shape index (κ3) is 4.52. The van der Waals surface area contributed by atoms with E-state index in [0.29, 0.717) is 37.3 Å². The number of ether oxygens (including phenoxy) is 1. The average Bonchev–Trinajstić information content (AvgIpc) is 3.09. The maximum Gasteiger partial charge on any atom is 0.318 e. The molecule has 0 spiro atoms. The van der Waals surface area contributed by atoms with Gasteiger partial charge in [-0.3, -0.25) is 0 Å². The second kappa shape index (κ2) is 7.56. The Morgan fingerprint density at radius 2 is 2.43 bits per heavy atom. The third-order valence-electron chi connectivity index (χ3n) is 3.61. The number of rotatable bonds is 8. The zero-order chi connectivity index (χ0) is 16.1. The smallest absolute Gasteiger partial charge is 0.318 e. The fourth-order valence-electron chi connectivity index (χ4n) is 2.16. The molecule has 0 aromatic carbocycles. The Morgan fingerprint density at radius 1 is 1.57 bits per heavy atom. The Morgan fingerprint density at radius 3 is 3.13 bits per heavy atom. The minimum Gasteiger partial charge on any atom is -0.383 e. The summed E-state index contributed by atoms with van der Waals surface area (Å²) in [6.45, 7) is 1.84. The summed E-state index contributed by atoms with van der Waals surface area (Å²) in [7, 11) is 1.62. The van der Waals surface area contributed by atoms with Crippen molar-refractivity contribution in [3.05, 3.63) is 34.1 Å². The molecule has 0 saturated heterocycles. The molecule has 0 aliphatic heterocycles. The summed E-state index contributed by atoms with van der Waals surface area (Å²) < 4.78 is 10.3. The van der Waals surface area contributed by atoms with Gasteiger partial charge < -0.3 is 19.5 Å². The number of amides is 2. The van der Waals surface area contributed by atoms with E-state index in [0.717, 1.165) is 18.4 Å². The summed E-state index contributed by atoms with van der Waals surface area (Å²) >= 11 is 1.62. The van der Waals surface area contributed by atoms with Crippen molar-refractivity contribution in [3.63, 3.8) is 0 Å². The molecule has 3 rings (SSSR count). The highest BCUT2D eigenvalue weighted by Crippen LogP contribution is 2.38. The molecular formula is C15H20N4O3S. The minimum atomic E-state index is -0.161. The molecule has 1 N–H and O–H groups in total. The van der Waals surface area contributed by atoms with Gasteiger partial charge in [-0.1, -0.05) is 5.16 Å². The largest absolute Gasteiger partial charge is 0.383 e. The number of carbonyl (C=O) groups is 1. The Bertz CT molecular complexity index is 624. The number of urea groups is 1. The van der Waals surface area contributed by atoms with Crippen molar-refractivity contribution in [3.8, 4) is 0 Å². The Hall–Kier alpha value is -1.93. The van der Waals surface area contributed by atoms with Crippen LogP contribution in [0.2, 0.25) is 0 Å². The van der Waals surface area contributed by atoms with E-state index in [4.69, 9.17) is 9.26 Å². The molecule has 2 amide bonds. The summed E-state index contributed by atoms with van der Waals surface area (Å²) in [5.41, 5.74) is 1.11. The average molecular weight is 336 g/mol. The number of hydrogen-bond acceptors (Lipinski definition) is 6. The number of thiophene rings is 1. The van der Waals surface area contributed by atoms with Crippen LogP contribution in [0.4, 0.5) is 4.79 Å². The SMILES string of the molecule is COCCN(Cc1ccsc1)C(=O)NCc1noc(C2CC2)n1. The van der Waals surface area contributed by atoms with Gasteiger partial charge in [0.2, 0.25) is 5.89 Å². The predicted molar refractivity (Wildman–Crippen MR) is 85.1 cm³/mol. The molecule has 2 aromatic heterocycles. The van der Waals surface area contributed by atoms with Crippen LogP contribution in [0.25, 0.3) is 0 Å². The Kier molecular flexibility index (Phi) is 5.24. The quantitative estimate of drug-likeness (QED) is 0.800. The van der Waals surface area contributed by atoms with Gasteiger partial charge in [-0.15, -0.1) is 0 Å². The number of aromatic nitrogens is 2. The minimum absolute atomic E-state index is 0.161. The van der Waals surface area contributed by atoms with Gasteiger partial charge >= 0.3 is 6.03 Å². The predicted octanol–water partition coefficient (Wildman–Crippen LogP) is 2.37. The number of methoxy groups -OCH3 is 1. The fraction of sp³-hybridized carbons (Fsp3) is 0.533. The monoisotopic (exact) mass is 336 g/mol. The van der Waals surface area contributed by atoms with E-state index in [-0.39, 0.29) is 12.6 Å². The first kappa shape index (κ1) is 15.9. The van der Waals surface area contributed by atoms with Crippen LogP contribution in [-0.4, -0.2) is 41.3 Å². The van der Waals surface area contributed by atoms with Gasteiger partial charge in [0, 0.05) is 26.1 Å². The molecule has 0 bridgehead atoms. The van der Waals surface area contributed by atoms with Crippen LogP contribution >= 0.6 is 11.3 Å². The van der Waals surface area contributed by atoms with Gasteiger partial charge in [0.1, 0.15) is 0 Å². The lowest BCUT2D eigenvalue weighted by atomic mass is 10.3. The molecule has 8 heteroatoms. The van der Waals surface area contributed by atoms with Crippen LogP contribution in [0.15, 0.2) is 21.3 Å². The lowest BCUT2D eigenvalue weighted by molar-refractivity contribution is 0.146. The molecule has 2 heterocycles. The molecule has 0 radical (unpaired) electrons. The van der Waals surface area contributed by atoms with Gasteiger partial charge in [0.15, 0.2) is 5.82 Å². The number of nitrogens with zero attached hydrogens (tertiary/aromatic N) is 3. The summed E-state index contributed by atoms with van der Waals surface area (Å²) in [6, 6.07) is 1.85. The molecule has 7 nitrogen and oxygen atoms in total. The number of hydrogen-bond donors (Lipinski definition) is 1. The van der Waals surface area contributed by atoms with Crippen LogP contribution in [0.1, 0.15) is 36.0 Å². The first-order valence-electron chi connectivity index (χ1n) is 7.61. The third-order valence-corrected chi connectivity index (χ3v) is 4.35.